The summed E-state index contributed by atoms with van der Waals surface area (Å²) in [5.41, 5.74) is 4.40. The lowest BCUT2D eigenvalue weighted by Crippen LogP contribution is -2.28. The fraction of sp³-hybridized carbons (Fsp3) is 0.294. The highest BCUT2D eigenvalue weighted by molar-refractivity contribution is 5.77. The van der Waals surface area contributed by atoms with Crippen molar-refractivity contribution in [2.24, 2.45) is 0 Å². The molecule has 21 heavy (non-hydrogen) atoms. The van der Waals surface area contributed by atoms with Crippen molar-refractivity contribution in [1.82, 2.24) is 19.9 Å². The van der Waals surface area contributed by atoms with Gasteiger partial charge in [0.15, 0.2) is 0 Å². The Morgan fingerprint density at radius 3 is 3.05 bits per heavy atom. The zero-order chi connectivity index (χ0) is 14.1. The number of pyridine rings is 2. The molecule has 0 bridgehead atoms. The van der Waals surface area contributed by atoms with Crippen molar-refractivity contribution >= 4 is 5.52 Å². The topological polar surface area (TPSA) is 42.2 Å². The number of nitrogens with one attached hydrogen (secondary N) is 1. The lowest BCUT2D eigenvalue weighted by molar-refractivity contribution is 0.455. The highest BCUT2D eigenvalue weighted by Gasteiger charge is 2.17. The van der Waals surface area contributed by atoms with Crippen molar-refractivity contribution in [2.75, 3.05) is 13.1 Å². The molecule has 4 nitrogen and oxygen atoms in total. The first-order valence-electron chi connectivity index (χ1n) is 7.52. The fourth-order valence-corrected chi connectivity index (χ4v) is 3.06. The number of hydrogen-bond acceptors (Lipinski definition) is 3. The van der Waals surface area contributed by atoms with Gasteiger partial charge in [-0.1, -0.05) is 12.1 Å². The van der Waals surface area contributed by atoms with E-state index in [-0.39, 0.29) is 0 Å². The van der Waals surface area contributed by atoms with E-state index in [1.165, 1.54) is 18.5 Å². The molecular formula is C17H18N4. The van der Waals surface area contributed by atoms with Gasteiger partial charge in [0, 0.05) is 29.9 Å². The quantitative estimate of drug-likeness (QED) is 0.783. The van der Waals surface area contributed by atoms with Gasteiger partial charge in [0.2, 0.25) is 0 Å². The van der Waals surface area contributed by atoms with E-state index >= 15 is 0 Å². The van der Waals surface area contributed by atoms with Crippen molar-refractivity contribution in [3.8, 4) is 11.3 Å². The van der Waals surface area contributed by atoms with Crippen LogP contribution in [0.1, 0.15) is 24.5 Å². The van der Waals surface area contributed by atoms with Crippen LogP contribution in [-0.4, -0.2) is 27.7 Å². The molecule has 3 aromatic heterocycles. The number of nitrogens with zero attached hydrogens (tertiary/aromatic N) is 3. The highest BCUT2D eigenvalue weighted by Crippen LogP contribution is 2.26. The van der Waals surface area contributed by atoms with Crippen LogP contribution in [0.3, 0.4) is 0 Å². The van der Waals surface area contributed by atoms with E-state index in [2.05, 4.69) is 34.7 Å². The molecule has 4 heterocycles. The Labute approximate surface area is 123 Å². The summed E-state index contributed by atoms with van der Waals surface area (Å²) < 4.78 is 1.89. The third-order valence-electron chi connectivity index (χ3n) is 4.19. The fourth-order valence-electron chi connectivity index (χ4n) is 3.06. The number of piperidine rings is 1. The summed E-state index contributed by atoms with van der Waals surface area (Å²) in [6.07, 6.45) is 6.32. The first-order valence-corrected chi connectivity index (χ1v) is 7.52. The van der Waals surface area contributed by atoms with Crippen LogP contribution in [0.2, 0.25) is 0 Å². The van der Waals surface area contributed by atoms with Gasteiger partial charge < -0.3 is 5.32 Å². The van der Waals surface area contributed by atoms with Crippen LogP contribution in [-0.2, 0) is 0 Å². The second-order valence-electron chi connectivity index (χ2n) is 5.58. The summed E-state index contributed by atoms with van der Waals surface area (Å²) in [7, 11) is 0. The number of fused-ring (bicyclic) bond motifs is 1. The van der Waals surface area contributed by atoms with Gasteiger partial charge >= 0.3 is 0 Å². The smallest absolute Gasteiger partial charge is 0.0755 e. The summed E-state index contributed by atoms with van der Waals surface area (Å²) in [6.45, 7) is 2.16. The van der Waals surface area contributed by atoms with Crippen LogP contribution in [0.5, 0.6) is 0 Å². The number of rotatable bonds is 2. The van der Waals surface area contributed by atoms with Crippen molar-refractivity contribution < 1.29 is 0 Å². The molecule has 1 N–H and O–H groups in total. The molecule has 1 atom stereocenters. The summed E-state index contributed by atoms with van der Waals surface area (Å²) in [6, 6.07) is 12.4. The molecule has 1 unspecified atom stereocenters. The molecule has 4 heteroatoms. The highest BCUT2D eigenvalue weighted by atomic mass is 15.2. The minimum absolute atomic E-state index is 0.528. The van der Waals surface area contributed by atoms with Crippen LogP contribution in [0.15, 0.2) is 48.8 Å². The predicted octanol–water partition coefficient (Wildman–Crippen LogP) is 2.86. The Balaban J connectivity index is 1.75. The molecule has 1 aliphatic heterocycles. The minimum atomic E-state index is 0.528. The van der Waals surface area contributed by atoms with Gasteiger partial charge in [-0.25, -0.2) is 4.52 Å². The van der Waals surface area contributed by atoms with E-state index in [0.29, 0.717) is 5.92 Å². The first-order chi connectivity index (χ1) is 10.4. The van der Waals surface area contributed by atoms with Gasteiger partial charge in [0.05, 0.1) is 17.4 Å². The molecule has 0 amide bonds. The molecule has 1 fully saturated rings. The Morgan fingerprint density at radius 2 is 2.14 bits per heavy atom. The molecule has 0 radical (unpaired) electrons. The average Bonchev–Trinajstić information content (AvgIpc) is 3.00. The van der Waals surface area contributed by atoms with Crippen LogP contribution >= 0.6 is 0 Å². The summed E-state index contributed by atoms with van der Waals surface area (Å²) >= 11 is 0. The Hall–Kier alpha value is -2.20. The van der Waals surface area contributed by atoms with Gasteiger partial charge in [0.25, 0.3) is 0 Å². The molecule has 3 aromatic rings. The van der Waals surface area contributed by atoms with Crippen LogP contribution < -0.4 is 5.32 Å². The summed E-state index contributed by atoms with van der Waals surface area (Å²) in [5, 5.41) is 7.86. The molecule has 106 valence electrons. The second kappa shape index (κ2) is 5.30. The minimum Gasteiger partial charge on any atom is -0.316 e. The predicted molar refractivity (Wildman–Crippen MR) is 83.3 cm³/mol. The number of hydrogen-bond donors (Lipinski definition) is 1. The largest absolute Gasteiger partial charge is 0.316 e. The van der Waals surface area contributed by atoms with Gasteiger partial charge in [-0.2, -0.15) is 5.10 Å². The van der Waals surface area contributed by atoms with E-state index < -0.39 is 0 Å². The van der Waals surface area contributed by atoms with Gasteiger partial charge in [-0.05, 0) is 43.7 Å². The molecule has 0 aliphatic carbocycles. The van der Waals surface area contributed by atoms with Crippen LogP contribution in [0, 0.1) is 0 Å². The monoisotopic (exact) mass is 278 g/mol. The van der Waals surface area contributed by atoms with Gasteiger partial charge in [-0.15, -0.1) is 0 Å². The molecule has 4 rings (SSSR count). The Bertz CT molecular complexity index is 756. The van der Waals surface area contributed by atoms with Crippen LogP contribution in [0.4, 0.5) is 0 Å². The van der Waals surface area contributed by atoms with E-state index in [1.807, 2.05) is 29.0 Å². The van der Waals surface area contributed by atoms with Crippen LogP contribution in [0.25, 0.3) is 16.8 Å². The molecule has 1 saturated heterocycles. The first kappa shape index (κ1) is 12.5. The second-order valence-corrected chi connectivity index (χ2v) is 5.58. The Morgan fingerprint density at radius 1 is 1.14 bits per heavy atom. The lowest BCUT2D eigenvalue weighted by atomic mass is 9.95. The maximum Gasteiger partial charge on any atom is 0.0755 e. The van der Waals surface area contributed by atoms with Crippen molar-refractivity contribution in [3.63, 3.8) is 0 Å². The Kier molecular flexibility index (Phi) is 3.16. The molecule has 0 aromatic carbocycles. The van der Waals surface area contributed by atoms with E-state index in [9.17, 15) is 0 Å². The maximum atomic E-state index is 4.90. The van der Waals surface area contributed by atoms with Gasteiger partial charge in [0.1, 0.15) is 0 Å². The molecular weight excluding hydrogens is 260 g/mol. The SMILES string of the molecule is c1cc(-c2cnn3ccccc23)nc(C2CCCNC2)c1. The summed E-state index contributed by atoms with van der Waals surface area (Å²) in [4.78, 5) is 4.90. The van der Waals surface area contributed by atoms with Crippen molar-refractivity contribution in [1.29, 1.82) is 0 Å². The van der Waals surface area contributed by atoms with Gasteiger partial charge in [-0.3, -0.25) is 4.98 Å². The molecule has 0 saturated carbocycles. The third kappa shape index (κ3) is 2.32. The maximum absolute atomic E-state index is 4.90. The van der Waals surface area contributed by atoms with Crippen molar-refractivity contribution in [3.05, 3.63) is 54.5 Å². The zero-order valence-electron chi connectivity index (χ0n) is 11.9. The number of aromatic nitrogens is 3. The normalized spacial score (nSPS) is 19.0. The zero-order valence-corrected chi connectivity index (χ0v) is 11.9. The van der Waals surface area contributed by atoms with E-state index in [0.717, 1.165) is 29.9 Å². The van der Waals surface area contributed by atoms with E-state index in [1.54, 1.807) is 0 Å². The van der Waals surface area contributed by atoms with Crippen molar-refractivity contribution in [2.45, 2.75) is 18.8 Å². The lowest BCUT2D eigenvalue weighted by Gasteiger charge is -2.22. The average molecular weight is 278 g/mol. The summed E-state index contributed by atoms with van der Waals surface area (Å²) in [5.74, 6) is 0.528. The third-order valence-corrected chi connectivity index (χ3v) is 4.19. The standard InChI is InChI=1S/C17H18N4/c1-2-10-21-17(8-1)14(12-19-21)16-7-3-6-15(20-16)13-5-4-9-18-11-13/h1-3,6-8,10,12-13,18H,4-5,9,11H2. The molecule has 1 aliphatic rings. The molecule has 0 spiro atoms. The van der Waals surface area contributed by atoms with E-state index in [4.69, 9.17) is 4.98 Å².